The Morgan fingerprint density at radius 3 is 2.32 bits per heavy atom. The molecule has 3 aromatic carbocycles. The Kier molecular flexibility index (Phi) is 8.08. The van der Waals surface area contributed by atoms with Gasteiger partial charge in [0, 0.05) is 35.4 Å². The molecule has 2 aliphatic rings. The molecule has 0 saturated carbocycles. The Balaban J connectivity index is 1.28. The molecule has 1 spiro atoms. The smallest absolute Gasteiger partial charge is 0.350 e. The molecule has 0 bridgehead atoms. The summed E-state index contributed by atoms with van der Waals surface area (Å²) >= 11 is 3.40. The van der Waals surface area contributed by atoms with Crippen LogP contribution >= 0.6 is 15.9 Å². The molecule has 0 aliphatic carbocycles. The maximum atomic E-state index is 13.9. The molecular formula is C30H28BrF3N4O3. The number of nitrogens with zero attached hydrogens (tertiary/aromatic N) is 3. The normalized spacial score (nSPS) is 16.8. The van der Waals surface area contributed by atoms with E-state index in [9.17, 15) is 27.6 Å². The quantitative estimate of drug-likeness (QED) is 0.414. The lowest BCUT2D eigenvalue weighted by Crippen LogP contribution is -2.57. The number of halogens is 4. The van der Waals surface area contributed by atoms with Crippen molar-refractivity contribution in [1.29, 1.82) is 0 Å². The molecule has 0 atom stereocenters. The van der Waals surface area contributed by atoms with Crippen molar-refractivity contribution in [2.24, 2.45) is 0 Å². The maximum absolute atomic E-state index is 13.9. The fourth-order valence-electron chi connectivity index (χ4n) is 5.49. The molecule has 0 unspecified atom stereocenters. The number of anilines is 1. The second kappa shape index (κ2) is 11.6. The van der Waals surface area contributed by atoms with E-state index in [1.807, 2.05) is 41.3 Å². The zero-order chi connectivity index (χ0) is 29.2. The second-order valence-electron chi connectivity index (χ2n) is 10.2. The summed E-state index contributed by atoms with van der Waals surface area (Å²) in [4.78, 5) is 45.1. The van der Waals surface area contributed by atoms with Gasteiger partial charge in [-0.2, -0.15) is 13.2 Å². The average Bonchev–Trinajstić information content (AvgIpc) is 3.22. The van der Waals surface area contributed by atoms with Crippen molar-refractivity contribution in [3.63, 3.8) is 0 Å². The van der Waals surface area contributed by atoms with Gasteiger partial charge in [0.2, 0.25) is 5.91 Å². The number of hydrogen-bond donors (Lipinski definition) is 1. The molecule has 0 aromatic heterocycles. The fraction of sp³-hybridized carbons (Fsp3) is 0.300. The number of hydrogen-bond acceptors (Lipinski definition) is 4. The molecule has 3 amide bonds. The Labute approximate surface area is 244 Å². The van der Waals surface area contributed by atoms with E-state index in [4.69, 9.17) is 0 Å². The molecule has 5 rings (SSSR count). The van der Waals surface area contributed by atoms with Gasteiger partial charge in [-0.15, -0.1) is 0 Å². The highest BCUT2D eigenvalue weighted by Gasteiger charge is 2.54. The van der Waals surface area contributed by atoms with Crippen LogP contribution in [0.4, 0.5) is 18.9 Å². The van der Waals surface area contributed by atoms with Gasteiger partial charge in [-0.05, 0) is 60.9 Å². The maximum Gasteiger partial charge on any atom is 0.416 e. The van der Waals surface area contributed by atoms with Gasteiger partial charge in [0.25, 0.3) is 11.8 Å². The van der Waals surface area contributed by atoms with Gasteiger partial charge in [-0.25, -0.2) is 0 Å². The van der Waals surface area contributed by atoms with E-state index in [0.29, 0.717) is 37.1 Å². The number of para-hydroxylation sites is 1. The molecule has 2 saturated heterocycles. The molecular weight excluding hydrogens is 601 g/mol. The summed E-state index contributed by atoms with van der Waals surface area (Å²) in [5.74, 6) is -0.781. The van der Waals surface area contributed by atoms with Gasteiger partial charge in [0.05, 0.1) is 12.2 Å². The van der Waals surface area contributed by atoms with Crippen LogP contribution in [0, 0.1) is 0 Å². The summed E-state index contributed by atoms with van der Waals surface area (Å²) < 4.78 is 39.9. The van der Waals surface area contributed by atoms with Crippen molar-refractivity contribution in [1.82, 2.24) is 15.1 Å². The Morgan fingerprint density at radius 2 is 1.63 bits per heavy atom. The van der Waals surface area contributed by atoms with E-state index in [-0.39, 0.29) is 31.6 Å². The largest absolute Gasteiger partial charge is 0.416 e. The lowest BCUT2D eigenvalue weighted by atomic mass is 9.85. The zero-order valence-electron chi connectivity index (χ0n) is 22.0. The first-order chi connectivity index (χ1) is 19.6. The molecule has 2 aliphatic heterocycles. The molecule has 1 N–H and O–H groups in total. The van der Waals surface area contributed by atoms with Crippen LogP contribution in [-0.2, 0) is 22.3 Å². The average molecular weight is 629 g/mol. The summed E-state index contributed by atoms with van der Waals surface area (Å²) in [6.07, 6.45) is -3.69. The van der Waals surface area contributed by atoms with E-state index in [2.05, 4.69) is 21.2 Å². The number of nitrogens with one attached hydrogen (secondary N) is 1. The van der Waals surface area contributed by atoms with Crippen LogP contribution < -0.4 is 10.2 Å². The van der Waals surface area contributed by atoms with Gasteiger partial charge < -0.3 is 20.0 Å². The van der Waals surface area contributed by atoms with E-state index < -0.39 is 23.2 Å². The lowest BCUT2D eigenvalue weighted by molar-refractivity contribution is -0.138. The molecule has 214 valence electrons. The van der Waals surface area contributed by atoms with Crippen LogP contribution in [0.5, 0.6) is 0 Å². The van der Waals surface area contributed by atoms with Crippen LogP contribution in [0.15, 0.2) is 83.3 Å². The van der Waals surface area contributed by atoms with Crippen molar-refractivity contribution >= 4 is 39.3 Å². The highest BCUT2D eigenvalue weighted by Crippen LogP contribution is 2.39. The van der Waals surface area contributed by atoms with Crippen molar-refractivity contribution in [3.8, 4) is 0 Å². The van der Waals surface area contributed by atoms with Crippen molar-refractivity contribution < 1.29 is 27.6 Å². The predicted molar refractivity (Wildman–Crippen MR) is 151 cm³/mol. The third kappa shape index (κ3) is 6.09. The van der Waals surface area contributed by atoms with Crippen LogP contribution in [0.2, 0.25) is 0 Å². The van der Waals surface area contributed by atoms with Crippen molar-refractivity contribution in [2.45, 2.75) is 31.1 Å². The minimum absolute atomic E-state index is 0.0923. The van der Waals surface area contributed by atoms with Crippen LogP contribution in [0.1, 0.15) is 34.3 Å². The predicted octanol–water partition coefficient (Wildman–Crippen LogP) is 5.07. The van der Waals surface area contributed by atoms with Crippen LogP contribution in [0.25, 0.3) is 0 Å². The number of rotatable bonds is 6. The number of carbonyl (C=O) groups excluding carboxylic acids is 3. The number of alkyl halides is 3. The number of carbonyl (C=O) groups is 3. The molecule has 11 heteroatoms. The van der Waals surface area contributed by atoms with E-state index in [0.717, 1.165) is 22.3 Å². The van der Waals surface area contributed by atoms with E-state index >= 15 is 0 Å². The summed E-state index contributed by atoms with van der Waals surface area (Å²) in [7, 11) is 0. The fourth-order valence-corrected chi connectivity index (χ4v) is 5.89. The first-order valence-corrected chi connectivity index (χ1v) is 14.0. The second-order valence-corrected chi connectivity index (χ2v) is 11.1. The molecule has 0 radical (unpaired) electrons. The number of piperidine rings is 1. The SMILES string of the molecule is O=C(CN1CN(c2ccccc2)C2(CCN(C(=O)c3cccc(Br)c3)CC2)C1=O)NCc1cccc(C(F)(F)F)c1. The monoisotopic (exact) mass is 628 g/mol. The molecule has 2 heterocycles. The van der Waals surface area contributed by atoms with Gasteiger partial charge in [-0.3, -0.25) is 14.4 Å². The van der Waals surface area contributed by atoms with E-state index in [1.54, 1.807) is 23.1 Å². The van der Waals surface area contributed by atoms with E-state index in [1.165, 1.54) is 17.0 Å². The van der Waals surface area contributed by atoms with Gasteiger partial charge in [0.15, 0.2) is 0 Å². The highest BCUT2D eigenvalue weighted by molar-refractivity contribution is 9.10. The first-order valence-electron chi connectivity index (χ1n) is 13.2. The summed E-state index contributed by atoms with van der Waals surface area (Å²) in [5, 5.41) is 2.64. The standard InChI is InChI=1S/C30H28BrF3N4O3/c31-24-9-5-7-22(17-24)27(40)36-14-12-29(13-15-36)28(41)37(20-38(29)25-10-2-1-3-11-25)19-26(39)35-18-21-6-4-8-23(16-21)30(32,33)34/h1-11,16-17H,12-15,18-20H2,(H,35,39). The van der Waals surface area contributed by atoms with Gasteiger partial charge >= 0.3 is 6.18 Å². The van der Waals surface area contributed by atoms with Gasteiger partial charge in [0.1, 0.15) is 12.1 Å². The molecule has 2 fully saturated rings. The summed E-state index contributed by atoms with van der Waals surface area (Å²) in [6.45, 7) is 0.597. The number of amides is 3. The third-order valence-electron chi connectivity index (χ3n) is 7.61. The summed E-state index contributed by atoms with van der Waals surface area (Å²) in [5.41, 5.74) is -0.00188. The Morgan fingerprint density at radius 1 is 0.927 bits per heavy atom. The van der Waals surface area contributed by atoms with Crippen LogP contribution in [0.3, 0.4) is 0 Å². The first kappa shape index (κ1) is 28.7. The van der Waals surface area contributed by atoms with Crippen LogP contribution in [-0.4, -0.2) is 59.4 Å². The lowest BCUT2D eigenvalue weighted by Gasteiger charge is -2.43. The Bertz CT molecular complexity index is 1440. The third-order valence-corrected chi connectivity index (χ3v) is 8.10. The minimum Gasteiger partial charge on any atom is -0.350 e. The molecule has 3 aromatic rings. The zero-order valence-corrected chi connectivity index (χ0v) is 23.6. The van der Waals surface area contributed by atoms with Crippen molar-refractivity contribution in [2.75, 3.05) is 31.2 Å². The number of benzene rings is 3. The Hall–Kier alpha value is -3.86. The molecule has 41 heavy (non-hydrogen) atoms. The highest BCUT2D eigenvalue weighted by atomic mass is 79.9. The minimum atomic E-state index is -4.48. The van der Waals surface area contributed by atoms with Crippen molar-refractivity contribution in [3.05, 3.63) is 100 Å². The molecule has 7 nitrogen and oxygen atoms in total. The number of likely N-dealkylation sites (tertiary alicyclic amines) is 1. The topological polar surface area (TPSA) is 73.0 Å². The van der Waals surface area contributed by atoms with Gasteiger partial charge in [-0.1, -0.05) is 52.3 Å². The summed E-state index contributed by atoms with van der Waals surface area (Å²) in [6, 6.07) is 21.4.